The Labute approximate surface area is 112 Å². The zero-order chi connectivity index (χ0) is 14.0. The van der Waals surface area contributed by atoms with Gasteiger partial charge in [-0.15, -0.1) is 0 Å². The predicted molar refractivity (Wildman–Crippen MR) is 73.2 cm³/mol. The molecule has 5 nitrogen and oxygen atoms in total. The van der Waals surface area contributed by atoms with E-state index in [4.69, 9.17) is 4.74 Å². The van der Waals surface area contributed by atoms with Crippen LogP contribution in [0.4, 0.5) is 5.69 Å². The number of anilines is 1. The first-order valence-corrected chi connectivity index (χ1v) is 8.17. The second-order valence-electron chi connectivity index (χ2n) is 4.88. The van der Waals surface area contributed by atoms with Crippen molar-refractivity contribution in [3.05, 3.63) is 23.8 Å². The molecule has 6 heteroatoms. The first kappa shape index (κ1) is 13.9. The van der Waals surface area contributed by atoms with Crippen LogP contribution in [0.25, 0.3) is 0 Å². The molecular weight excluding hydrogens is 266 g/mol. The minimum Gasteiger partial charge on any atom is -0.490 e. The molecule has 1 atom stereocenters. The van der Waals surface area contributed by atoms with Crippen LogP contribution in [0.15, 0.2) is 18.2 Å². The van der Waals surface area contributed by atoms with Crippen LogP contribution in [0.5, 0.6) is 5.75 Å². The monoisotopic (exact) mass is 283 g/mol. The molecule has 0 saturated carbocycles. The summed E-state index contributed by atoms with van der Waals surface area (Å²) in [6, 6.07) is 5.46. The van der Waals surface area contributed by atoms with Crippen molar-refractivity contribution in [1.29, 1.82) is 0 Å². The lowest BCUT2D eigenvalue weighted by Gasteiger charge is -2.06. The third-order valence-corrected chi connectivity index (χ3v) is 3.83. The topological polar surface area (TPSA) is 72.5 Å². The standard InChI is InChI=1S/C13H17NO4S/c1-9-7-10-8-11(3-4-12(10)18-9)14-13(15)5-6-19(2,16)17/h3-4,8-9H,5-7H2,1-2H3,(H,14,15). The summed E-state index contributed by atoms with van der Waals surface area (Å²) in [5.41, 5.74) is 1.74. The molecule has 1 aromatic carbocycles. The molecule has 0 spiro atoms. The highest BCUT2D eigenvalue weighted by molar-refractivity contribution is 7.90. The summed E-state index contributed by atoms with van der Waals surface area (Å²) in [7, 11) is -3.11. The molecule has 0 saturated heterocycles. The zero-order valence-corrected chi connectivity index (χ0v) is 11.8. The molecule has 1 unspecified atom stereocenters. The van der Waals surface area contributed by atoms with Gasteiger partial charge in [-0.3, -0.25) is 4.79 Å². The van der Waals surface area contributed by atoms with Crippen molar-refractivity contribution >= 4 is 21.4 Å². The highest BCUT2D eigenvalue weighted by Gasteiger charge is 2.19. The number of hydrogen-bond donors (Lipinski definition) is 1. The summed E-state index contributed by atoms with van der Waals surface area (Å²) in [6.07, 6.45) is 2.07. The van der Waals surface area contributed by atoms with Gasteiger partial charge in [0.2, 0.25) is 5.91 Å². The average Bonchev–Trinajstić information content (AvgIpc) is 2.65. The minimum absolute atomic E-state index is 0.0250. The lowest BCUT2D eigenvalue weighted by atomic mass is 10.1. The quantitative estimate of drug-likeness (QED) is 0.906. The number of sulfone groups is 1. The Morgan fingerprint density at radius 1 is 1.47 bits per heavy atom. The Balaban J connectivity index is 1.97. The first-order valence-electron chi connectivity index (χ1n) is 6.10. The molecule has 104 valence electrons. The number of hydrogen-bond acceptors (Lipinski definition) is 4. The number of amides is 1. The van der Waals surface area contributed by atoms with Crippen molar-refractivity contribution in [2.24, 2.45) is 0 Å². The fourth-order valence-corrected chi connectivity index (χ4v) is 2.56. The van der Waals surface area contributed by atoms with Gasteiger partial charge in [-0.25, -0.2) is 8.42 Å². The molecular formula is C13H17NO4S. The molecule has 2 rings (SSSR count). The number of carbonyl (C=O) groups is 1. The number of ether oxygens (including phenoxy) is 1. The van der Waals surface area contributed by atoms with Gasteiger partial charge in [0.15, 0.2) is 0 Å². The smallest absolute Gasteiger partial charge is 0.225 e. The Morgan fingerprint density at radius 3 is 2.89 bits per heavy atom. The summed E-state index contributed by atoms with van der Waals surface area (Å²) in [5.74, 6) is 0.420. The maximum Gasteiger partial charge on any atom is 0.225 e. The lowest BCUT2D eigenvalue weighted by Crippen LogP contribution is -2.16. The third-order valence-electron chi connectivity index (χ3n) is 2.88. The van der Waals surface area contributed by atoms with Crippen LogP contribution in [0.3, 0.4) is 0 Å². The SMILES string of the molecule is CC1Cc2cc(NC(=O)CCS(C)(=O)=O)ccc2O1. The fraction of sp³-hybridized carbons (Fsp3) is 0.462. The molecule has 1 aromatic rings. The largest absolute Gasteiger partial charge is 0.490 e. The van der Waals surface area contributed by atoms with Crippen LogP contribution in [0, 0.1) is 0 Å². The summed E-state index contributed by atoms with van der Waals surface area (Å²) in [4.78, 5) is 11.6. The Bertz CT molecular complexity index is 595. The van der Waals surface area contributed by atoms with E-state index in [-0.39, 0.29) is 24.2 Å². The van der Waals surface area contributed by atoms with Crippen molar-refractivity contribution in [3.8, 4) is 5.75 Å². The van der Waals surface area contributed by atoms with Gasteiger partial charge in [0.05, 0.1) is 5.75 Å². The van der Waals surface area contributed by atoms with E-state index in [1.165, 1.54) is 0 Å². The van der Waals surface area contributed by atoms with Crippen molar-refractivity contribution in [2.75, 3.05) is 17.3 Å². The molecule has 0 bridgehead atoms. The van der Waals surface area contributed by atoms with Crippen LogP contribution in [-0.2, 0) is 21.1 Å². The van der Waals surface area contributed by atoms with E-state index in [1.54, 1.807) is 6.07 Å². The summed E-state index contributed by atoms with van der Waals surface area (Å²) < 4.78 is 27.5. The number of nitrogens with one attached hydrogen (secondary N) is 1. The van der Waals surface area contributed by atoms with Crippen molar-refractivity contribution in [2.45, 2.75) is 25.9 Å². The van der Waals surface area contributed by atoms with Gasteiger partial charge >= 0.3 is 0 Å². The maximum atomic E-state index is 11.6. The maximum absolute atomic E-state index is 11.6. The molecule has 1 aliphatic heterocycles. The molecule has 19 heavy (non-hydrogen) atoms. The van der Waals surface area contributed by atoms with Crippen molar-refractivity contribution in [3.63, 3.8) is 0 Å². The van der Waals surface area contributed by atoms with Crippen molar-refractivity contribution < 1.29 is 17.9 Å². The van der Waals surface area contributed by atoms with Crippen molar-refractivity contribution in [1.82, 2.24) is 0 Å². The summed E-state index contributed by atoms with van der Waals surface area (Å²) in [6.45, 7) is 1.99. The highest BCUT2D eigenvalue weighted by Crippen LogP contribution is 2.30. The van der Waals surface area contributed by atoms with Gasteiger partial charge in [-0.1, -0.05) is 0 Å². The Hall–Kier alpha value is -1.56. The predicted octanol–water partition coefficient (Wildman–Crippen LogP) is 1.38. The zero-order valence-electron chi connectivity index (χ0n) is 11.0. The number of fused-ring (bicyclic) bond motifs is 1. The third kappa shape index (κ3) is 3.96. The number of benzene rings is 1. The van der Waals surface area contributed by atoms with E-state index in [0.717, 1.165) is 24.0 Å². The molecule has 1 N–H and O–H groups in total. The van der Waals surface area contributed by atoms with Gasteiger partial charge < -0.3 is 10.1 Å². The first-order chi connectivity index (χ1) is 8.83. The number of carbonyl (C=O) groups excluding carboxylic acids is 1. The second kappa shape index (κ2) is 5.21. The van der Waals surface area contributed by atoms with E-state index >= 15 is 0 Å². The van der Waals surface area contributed by atoms with E-state index in [0.29, 0.717) is 5.69 Å². The lowest BCUT2D eigenvalue weighted by molar-refractivity contribution is -0.115. The highest BCUT2D eigenvalue weighted by atomic mass is 32.2. The molecule has 1 aliphatic rings. The van der Waals surface area contributed by atoms with Gasteiger partial charge in [-0.05, 0) is 30.7 Å². The van der Waals surface area contributed by atoms with E-state index in [2.05, 4.69) is 5.32 Å². The summed E-state index contributed by atoms with van der Waals surface area (Å²) in [5, 5.41) is 2.70. The van der Waals surface area contributed by atoms with Crippen LogP contribution < -0.4 is 10.1 Å². The molecule has 0 fully saturated rings. The second-order valence-corrected chi connectivity index (χ2v) is 7.14. The molecule has 0 aromatic heterocycles. The van der Waals surface area contributed by atoms with Gasteiger partial charge in [0.25, 0.3) is 0 Å². The fourth-order valence-electron chi connectivity index (χ4n) is 2.00. The van der Waals surface area contributed by atoms with Crippen LogP contribution in [0.1, 0.15) is 18.9 Å². The molecule has 1 amide bonds. The van der Waals surface area contributed by atoms with Gasteiger partial charge in [0.1, 0.15) is 21.7 Å². The van der Waals surface area contributed by atoms with Crippen LogP contribution >= 0.6 is 0 Å². The van der Waals surface area contributed by atoms with Gasteiger partial charge in [-0.2, -0.15) is 0 Å². The van der Waals surface area contributed by atoms with Gasteiger partial charge in [0, 0.05) is 24.8 Å². The van der Waals surface area contributed by atoms with E-state index < -0.39 is 9.84 Å². The summed E-state index contributed by atoms with van der Waals surface area (Å²) >= 11 is 0. The van der Waals surface area contributed by atoms with E-state index in [9.17, 15) is 13.2 Å². The van der Waals surface area contributed by atoms with Crippen LogP contribution in [0.2, 0.25) is 0 Å². The minimum atomic E-state index is -3.11. The van der Waals surface area contributed by atoms with Crippen LogP contribution in [-0.4, -0.2) is 32.4 Å². The van der Waals surface area contributed by atoms with E-state index in [1.807, 2.05) is 19.1 Å². The normalized spacial score (nSPS) is 17.7. The molecule has 0 radical (unpaired) electrons. The molecule has 0 aliphatic carbocycles. The number of rotatable bonds is 4. The Morgan fingerprint density at radius 2 is 2.21 bits per heavy atom. The Kier molecular flexibility index (Phi) is 3.80. The average molecular weight is 283 g/mol. The molecule has 1 heterocycles.